The lowest BCUT2D eigenvalue weighted by Crippen LogP contribution is -2.37. The zero-order valence-corrected chi connectivity index (χ0v) is 64.2. The molecule has 0 atom stereocenters. The van der Waals surface area contributed by atoms with Gasteiger partial charge in [0.1, 0.15) is 5.76 Å². The minimum atomic E-state index is -4.99. The maximum atomic E-state index is 12.2. The number of hydrogen-bond acceptors (Lipinski definition) is 24. The van der Waals surface area contributed by atoms with E-state index in [1.807, 2.05) is 84.9 Å². The average Bonchev–Trinajstić information content (AvgIpc) is 1.65. The maximum absolute atomic E-state index is 12.2. The molecule has 0 radical (unpaired) electrons. The number of aromatic nitrogens is 9. The Morgan fingerprint density at radius 3 is 1.06 bits per heavy atom. The first kappa shape index (κ1) is 112. The van der Waals surface area contributed by atoms with E-state index in [-0.39, 0.29) is 108 Å². The molecular weight excluding hydrogens is 1500 g/mol. The van der Waals surface area contributed by atoms with E-state index in [1.54, 1.807) is 48.5 Å². The summed E-state index contributed by atoms with van der Waals surface area (Å²) in [5, 5.41) is 37.1. The lowest BCUT2D eigenvalue weighted by molar-refractivity contribution is -0.157. The zero-order valence-electron chi connectivity index (χ0n) is 59.4. The van der Waals surface area contributed by atoms with Crippen LogP contribution in [0.25, 0.3) is 11.5 Å². The van der Waals surface area contributed by atoms with Crippen LogP contribution in [0.3, 0.4) is 0 Å². The van der Waals surface area contributed by atoms with Crippen LogP contribution in [0.5, 0.6) is 0 Å². The van der Waals surface area contributed by atoms with E-state index >= 15 is 0 Å². The van der Waals surface area contributed by atoms with E-state index in [0.29, 0.717) is 34.4 Å². The molecule has 37 heteroatoms. The molecular formula is C68H119Cl2F6N15O10S4. The molecule has 0 spiro atoms. The van der Waals surface area contributed by atoms with Gasteiger partial charge in [-0.15, -0.1) is 59.8 Å². The summed E-state index contributed by atoms with van der Waals surface area (Å²) in [5.41, 5.74) is 0.705. The molecule has 8 heterocycles. The van der Waals surface area contributed by atoms with Crippen LogP contribution in [0.1, 0.15) is 279 Å². The van der Waals surface area contributed by atoms with Gasteiger partial charge in [-0.3, -0.25) is 0 Å². The molecule has 0 saturated heterocycles. The summed E-state index contributed by atoms with van der Waals surface area (Å²) in [5.74, 6) is 2.22. The molecule has 3 aliphatic rings. The summed E-state index contributed by atoms with van der Waals surface area (Å²) in [6.45, 7) is 50.3. The van der Waals surface area contributed by atoms with Gasteiger partial charge in [-0.05, 0) is 26.0 Å². The van der Waals surface area contributed by atoms with Crippen LogP contribution in [0.4, 0.5) is 26.3 Å². The van der Waals surface area contributed by atoms with Crippen molar-refractivity contribution in [3.05, 3.63) is 88.2 Å². The van der Waals surface area contributed by atoms with Crippen molar-refractivity contribution >= 4 is 95.9 Å². The first-order chi connectivity index (χ1) is 43.2. The molecule has 606 valence electrons. The van der Waals surface area contributed by atoms with Crippen LogP contribution >= 0.6 is 34.9 Å². The molecule has 25 nitrogen and oxygen atoms in total. The highest BCUT2D eigenvalue weighted by Crippen LogP contribution is 2.34. The van der Waals surface area contributed by atoms with Crippen LogP contribution < -0.4 is 0 Å². The topological polar surface area (TPSA) is 345 Å². The zero-order chi connectivity index (χ0) is 75.7. The number of aryl methyl sites for hydroxylation is 2. The van der Waals surface area contributed by atoms with Crippen molar-refractivity contribution in [3.63, 3.8) is 0 Å². The standard InChI is InChI=1S/C12H14N2O.C8H13NO.C7H9F3N2O2S.C7H9F3N2O.C7H12N2O2S.C7H12N2O.C6H9ClN2O2S.C6H9ClN2S.8CH4/c1-12(2,3)11-14-13-10(15-11)9-7-5-4-6-8-9;1-6-5-7(10-9-6)8(2,3)4;1-6(2,3)4-11-12-5(7(8,9)10)15(4,13)14;1-6(2,3)4-11-12-5(13-4)7(8,9)10;1-5-8-9-6(7(2,3)4)12(5,10)11;1-5-8-9-6(10-5)7(2,3)4;1-6(2,3)4-5(7)9-12(10,11)8-4;1-6(2,3)4-5(7)9-10-8-4;;;;;;;;/h4-8H,1-3H3;5H,1-4H3;1-3H3;1-3H3;1-4H3;1-4H3;1-3H3;1-3H3;8*1H4. The Hall–Kier alpha value is -6.56. The van der Waals surface area contributed by atoms with Gasteiger partial charge in [0.25, 0.3) is 5.04 Å². The van der Waals surface area contributed by atoms with Gasteiger partial charge < -0.3 is 17.8 Å². The van der Waals surface area contributed by atoms with Crippen molar-refractivity contribution in [1.82, 2.24) is 44.5 Å². The Bertz CT molecular complexity index is 4060. The van der Waals surface area contributed by atoms with Crippen molar-refractivity contribution < 1.29 is 69.4 Å². The molecule has 0 bridgehead atoms. The van der Waals surface area contributed by atoms with Gasteiger partial charge in [-0.2, -0.15) is 43.5 Å². The first-order valence-electron chi connectivity index (χ1n) is 29.3. The third-order valence-electron chi connectivity index (χ3n) is 11.6. The Kier molecular flexibility index (Phi) is 43.8. The molecule has 0 fully saturated rings. The number of benzene rings is 1. The van der Waals surface area contributed by atoms with E-state index in [1.165, 1.54) is 27.7 Å². The molecule has 0 N–H and O–H groups in total. The van der Waals surface area contributed by atoms with Crippen molar-refractivity contribution in [3.8, 4) is 11.5 Å². The van der Waals surface area contributed by atoms with E-state index < -0.39 is 74.5 Å². The minimum absolute atomic E-state index is 0. The summed E-state index contributed by atoms with van der Waals surface area (Å²) in [6, 6.07) is 11.8. The second-order valence-corrected chi connectivity index (χ2v) is 35.9. The fourth-order valence-electron chi connectivity index (χ4n) is 6.54. The van der Waals surface area contributed by atoms with Crippen molar-refractivity contribution in [2.75, 3.05) is 0 Å². The Balaban J connectivity index is -0.000000208. The quantitative estimate of drug-likeness (QED) is 0.138. The molecule has 0 aliphatic carbocycles. The van der Waals surface area contributed by atoms with Gasteiger partial charge in [0.2, 0.25) is 49.1 Å². The highest BCUT2D eigenvalue weighted by atomic mass is 35.5. The third kappa shape index (κ3) is 34.9. The van der Waals surface area contributed by atoms with Gasteiger partial charge in [0.15, 0.2) is 25.5 Å². The summed E-state index contributed by atoms with van der Waals surface area (Å²) in [6.07, 6.45) is -9.55. The molecule has 3 aliphatic heterocycles. The lowest BCUT2D eigenvalue weighted by Gasteiger charge is -2.17. The highest BCUT2D eigenvalue weighted by molar-refractivity contribution is 8.20. The van der Waals surface area contributed by atoms with E-state index in [2.05, 4.69) is 140 Å². The van der Waals surface area contributed by atoms with Crippen LogP contribution in [0, 0.1) is 30.1 Å². The van der Waals surface area contributed by atoms with Crippen molar-refractivity contribution in [1.29, 1.82) is 0 Å². The predicted molar refractivity (Wildman–Crippen MR) is 419 cm³/mol. The van der Waals surface area contributed by atoms with Crippen molar-refractivity contribution in [2.45, 2.75) is 286 Å². The van der Waals surface area contributed by atoms with Crippen LogP contribution in [0.2, 0.25) is 5.15 Å². The summed E-state index contributed by atoms with van der Waals surface area (Å²) in [4.78, 5) is 0. The van der Waals surface area contributed by atoms with Crippen LogP contribution in [-0.4, -0.2) is 107 Å². The first-order valence-corrected chi connectivity index (χ1v) is 35.1. The average molecular weight is 1620 g/mol. The Labute approximate surface area is 636 Å². The molecule has 0 amide bonds. The van der Waals surface area contributed by atoms with E-state index in [9.17, 15) is 51.6 Å². The summed E-state index contributed by atoms with van der Waals surface area (Å²) >= 11 is 12.5. The second kappa shape index (κ2) is 41.1. The molecule has 0 saturated carbocycles. The number of rotatable bonds is 1. The third-order valence-corrected chi connectivity index (χ3v) is 17.8. The molecule has 105 heavy (non-hydrogen) atoms. The highest BCUT2D eigenvalue weighted by Gasteiger charge is 2.52. The fourth-order valence-corrected chi connectivity index (χ4v) is 12.2. The van der Waals surface area contributed by atoms with Crippen molar-refractivity contribution in [2.24, 2.45) is 45.4 Å². The summed E-state index contributed by atoms with van der Waals surface area (Å²) < 4.78 is 175. The van der Waals surface area contributed by atoms with Gasteiger partial charge >= 0.3 is 28.5 Å². The predicted octanol–water partition coefficient (Wildman–Crippen LogP) is 21.3. The largest absolute Gasteiger partial charge is 0.470 e. The van der Waals surface area contributed by atoms with Gasteiger partial charge in [-0.1, -0.05) is 272 Å². The van der Waals surface area contributed by atoms with Crippen LogP contribution in [0.15, 0.2) is 83.4 Å². The maximum Gasteiger partial charge on any atom is 0.470 e. The second-order valence-electron chi connectivity index (χ2n) is 29.7. The number of halogens is 8. The number of sulfone groups is 2. The molecule has 1 aromatic carbocycles. The monoisotopic (exact) mass is 1620 g/mol. The fraction of sp³-hybridized carbons (Fsp3) is 0.662. The number of alkyl halides is 6. The minimum Gasteiger partial charge on any atom is -0.425 e. The molecule has 9 rings (SSSR count). The molecule has 0 unspecified atom stereocenters. The molecule has 5 aromatic heterocycles. The number of nitrogens with zero attached hydrogens (tertiary/aromatic N) is 15. The van der Waals surface area contributed by atoms with E-state index in [4.69, 9.17) is 36.6 Å². The molecule has 6 aromatic rings. The van der Waals surface area contributed by atoms with Gasteiger partial charge in [-0.25, -0.2) is 16.8 Å². The Morgan fingerprint density at radius 1 is 0.419 bits per heavy atom. The van der Waals surface area contributed by atoms with Gasteiger partial charge in [0, 0.05) is 61.9 Å². The van der Waals surface area contributed by atoms with E-state index in [0.717, 1.165) is 34.4 Å². The SMILES string of the molecule is C.C.C.C.C.C.C.C.CC(C)(C)C1=NN=C(C(F)(F)F)S1(=O)=O.CC(C)(C)C1=NS(=O)(=O)N=C1Cl.CC(C)(C)c1nnc(-c2ccccc2)o1.CC(C)(C)c1nnc(C(F)(F)F)o1.CC(C)(C)c1nsnc1Cl.CC1=NN=C(C(C)(C)C)S1(=O)=O.Cc1cc(C(C)(C)C)on1.Cc1nnc(C(C)(C)C)o1. The summed E-state index contributed by atoms with van der Waals surface area (Å²) in [7, 11) is -11.6. The smallest absolute Gasteiger partial charge is 0.425 e. The van der Waals surface area contributed by atoms with Crippen LogP contribution in [-0.2, 0) is 63.1 Å². The Morgan fingerprint density at radius 2 is 0.829 bits per heavy atom. The number of hydrogen-bond donors (Lipinski definition) is 0. The normalized spacial score (nSPS) is 14.8. The lowest BCUT2D eigenvalue weighted by atomic mass is 9.91. The van der Waals surface area contributed by atoms with Gasteiger partial charge in [0.05, 0.1) is 28.8 Å².